The van der Waals surface area contributed by atoms with Gasteiger partial charge in [-0.1, -0.05) is 30.3 Å². The minimum atomic E-state index is 1.02. The van der Waals surface area contributed by atoms with Gasteiger partial charge >= 0.3 is 0 Å². The third-order valence-electron chi connectivity index (χ3n) is 4.02. The number of nitrogens with zero attached hydrogens (tertiary/aromatic N) is 3. The van der Waals surface area contributed by atoms with E-state index in [0.717, 1.165) is 22.2 Å². The Kier molecular flexibility index (Phi) is 2.86. The minimum absolute atomic E-state index is 1.02. The molecule has 2 aromatic carbocycles. The van der Waals surface area contributed by atoms with Crippen LogP contribution in [0.1, 0.15) is 0 Å². The lowest BCUT2D eigenvalue weighted by Gasteiger charge is -2.17. The van der Waals surface area contributed by atoms with E-state index in [1.165, 1.54) is 11.1 Å². The van der Waals surface area contributed by atoms with E-state index in [9.17, 15) is 0 Å². The van der Waals surface area contributed by atoms with Crippen LogP contribution in [0.3, 0.4) is 0 Å². The number of anilines is 1. The molecule has 3 nitrogen and oxygen atoms in total. The van der Waals surface area contributed by atoms with Crippen LogP contribution in [0, 0.1) is 0 Å². The van der Waals surface area contributed by atoms with Crippen molar-refractivity contribution in [2.45, 2.75) is 0 Å². The van der Waals surface area contributed by atoms with E-state index in [-0.39, 0.29) is 0 Å². The first kappa shape index (κ1) is 12.9. The molecule has 0 fully saturated rings. The highest BCUT2D eigenvalue weighted by Gasteiger charge is 2.11. The highest BCUT2D eigenvalue weighted by molar-refractivity contribution is 5.94. The maximum atomic E-state index is 4.68. The molecular formula is C19H17N3. The third-order valence-corrected chi connectivity index (χ3v) is 4.02. The molecule has 0 aliphatic heterocycles. The fourth-order valence-electron chi connectivity index (χ4n) is 2.91. The molecular weight excluding hydrogens is 270 g/mol. The van der Waals surface area contributed by atoms with Crippen LogP contribution >= 0.6 is 0 Å². The molecule has 0 N–H and O–H groups in total. The van der Waals surface area contributed by atoms with Crippen molar-refractivity contribution >= 4 is 22.2 Å². The monoisotopic (exact) mass is 287 g/mol. The average Bonchev–Trinajstić information content (AvgIpc) is 3.03. The number of rotatable bonds is 2. The number of benzene rings is 2. The normalized spacial score (nSPS) is 11.2. The maximum Gasteiger partial charge on any atom is 0.110 e. The van der Waals surface area contributed by atoms with Crippen LogP contribution in [0.4, 0.5) is 5.69 Å². The van der Waals surface area contributed by atoms with Crippen molar-refractivity contribution < 1.29 is 0 Å². The van der Waals surface area contributed by atoms with Crippen molar-refractivity contribution in [3.05, 3.63) is 67.0 Å². The SMILES string of the molecule is CN(C)c1cc(-c2ccccc2)cc2c1ncc1cccn12. The van der Waals surface area contributed by atoms with E-state index in [1.54, 1.807) is 0 Å². The summed E-state index contributed by atoms with van der Waals surface area (Å²) in [5.41, 5.74) is 6.83. The van der Waals surface area contributed by atoms with E-state index >= 15 is 0 Å². The van der Waals surface area contributed by atoms with E-state index < -0.39 is 0 Å². The number of hydrogen-bond acceptors (Lipinski definition) is 2. The molecule has 0 atom stereocenters. The van der Waals surface area contributed by atoms with Gasteiger partial charge in [-0.15, -0.1) is 0 Å². The fourth-order valence-corrected chi connectivity index (χ4v) is 2.91. The first-order valence-electron chi connectivity index (χ1n) is 7.36. The molecule has 2 aromatic heterocycles. The molecule has 0 aliphatic carbocycles. The van der Waals surface area contributed by atoms with Crippen LogP contribution in [0.25, 0.3) is 27.7 Å². The van der Waals surface area contributed by atoms with E-state index in [0.29, 0.717) is 0 Å². The highest BCUT2D eigenvalue weighted by Crippen LogP contribution is 2.31. The second-order valence-corrected chi connectivity index (χ2v) is 5.68. The van der Waals surface area contributed by atoms with Crippen molar-refractivity contribution in [3.63, 3.8) is 0 Å². The molecule has 0 amide bonds. The molecule has 22 heavy (non-hydrogen) atoms. The van der Waals surface area contributed by atoms with Gasteiger partial charge in [0.15, 0.2) is 0 Å². The third kappa shape index (κ3) is 1.94. The first-order chi connectivity index (χ1) is 10.7. The van der Waals surface area contributed by atoms with Crippen LogP contribution in [-0.4, -0.2) is 23.5 Å². The summed E-state index contributed by atoms with van der Waals surface area (Å²) in [6.07, 6.45) is 4.02. The molecule has 0 saturated heterocycles. The Morgan fingerprint density at radius 3 is 2.50 bits per heavy atom. The molecule has 0 aliphatic rings. The van der Waals surface area contributed by atoms with Crippen molar-refractivity contribution in [2.75, 3.05) is 19.0 Å². The molecule has 4 aromatic rings. The zero-order valence-electron chi connectivity index (χ0n) is 12.7. The first-order valence-corrected chi connectivity index (χ1v) is 7.36. The Balaban J connectivity index is 2.11. The van der Waals surface area contributed by atoms with Crippen LogP contribution in [0.15, 0.2) is 67.0 Å². The van der Waals surface area contributed by atoms with E-state index in [2.05, 4.69) is 83.1 Å². The van der Waals surface area contributed by atoms with Gasteiger partial charge in [0.2, 0.25) is 0 Å². The second-order valence-electron chi connectivity index (χ2n) is 5.68. The molecule has 3 heteroatoms. The van der Waals surface area contributed by atoms with Crippen LogP contribution < -0.4 is 4.90 Å². The predicted octanol–water partition coefficient (Wildman–Crippen LogP) is 4.22. The van der Waals surface area contributed by atoms with Crippen LogP contribution in [0.2, 0.25) is 0 Å². The summed E-state index contributed by atoms with van der Waals surface area (Å²) < 4.78 is 2.20. The number of hydrogen-bond donors (Lipinski definition) is 0. The van der Waals surface area contributed by atoms with E-state index in [4.69, 9.17) is 0 Å². The van der Waals surface area contributed by atoms with Gasteiger partial charge < -0.3 is 9.30 Å². The second kappa shape index (κ2) is 4.88. The van der Waals surface area contributed by atoms with Gasteiger partial charge in [-0.2, -0.15) is 0 Å². The Morgan fingerprint density at radius 2 is 1.73 bits per heavy atom. The Morgan fingerprint density at radius 1 is 0.909 bits per heavy atom. The molecule has 0 unspecified atom stereocenters. The zero-order valence-corrected chi connectivity index (χ0v) is 12.7. The average molecular weight is 287 g/mol. The largest absolute Gasteiger partial charge is 0.376 e. The van der Waals surface area contributed by atoms with Gasteiger partial charge in [0.05, 0.1) is 22.9 Å². The van der Waals surface area contributed by atoms with Gasteiger partial charge in [-0.3, -0.25) is 4.98 Å². The Hall–Kier alpha value is -2.81. The summed E-state index contributed by atoms with van der Waals surface area (Å²) in [5.74, 6) is 0. The van der Waals surface area contributed by atoms with Gasteiger partial charge in [0.1, 0.15) is 5.52 Å². The van der Waals surface area contributed by atoms with Gasteiger partial charge in [-0.25, -0.2) is 0 Å². The Bertz CT molecular complexity index is 952. The minimum Gasteiger partial charge on any atom is -0.376 e. The van der Waals surface area contributed by atoms with Crippen LogP contribution in [-0.2, 0) is 0 Å². The molecule has 4 rings (SSSR count). The molecule has 0 radical (unpaired) electrons. The van der Waals surface area contributed by atoms with E-state index in [1.807, 2.05) is 12.3 Å². The summed E-state index contributed by atoms with van der Waals surface area (Å²) >= 11 is 0. The lowest BCUT2D eigenvalue weighted by atomic mass is 10.0. The van der Waals surface area contributed by atoms with Gasteiger partial charge in [0.25, 0.3) is 0 Å². The lowest BCUT2D eigenvalue weighted by molar-refractivity contribution is 1.13. The zero-order chi connectivity index (χ0) is 15.1. The highest BCUT2D eigenvalue weighted by atomic mass is 15.1. The topological polar surface area (TPSA) is 20.5 Å². The van der Waals surface area contributed by atoms with Gasteiger partial charge in [0, 0.05) is 20.3 Å². The smallest absolute Gasteiger partial charge is 0.110 e. The van der Waals surface area contributed by atoms with Crippen molar-refractivity contribution in [2.24, 2.45) is 0 Å². The standard InChI is InChI=1S/C19H17N3/c1-21(2)17-11-15(14-7-4-3-5-8-14)12-18-19(17)20-13-16-9-6-10-22(16)18/h3-13H,1-2H3. The number of fused-ring (bicyclic) bond motifs is 3. The fraction of sp³-hybridized carbons (Fsp3) is 0.105. The molecule has 0 saturated carbocycles. The summed E-state index contributed by atoms with van der Waals surface area (Å²) in [4.78, 5) is 6.80. The summed E-state index contributed by atoms with van der Waals surface area (Å²) in [6, 6.07) is 19.0. The van der Waals surface area contributed by atoms with Crippen molar-refractivity contribution in [3.8, 4) is 11.1 Å². The summed E-state index contributed by atoms with van der Waals surface area (Å²) in [6.45, 7) is 0. The maximum absolute atomic E-state index is 4.68. The molecule has 0 spiro atoms. The van der Waals surface area contributed by atoms with Gasteiger partial charge in [-0.05, 0) is 35.4 Å². The lowest BCUT2D eigenvalue weighted by Crippen LogP contribution is -2.10. The summed E-state index contributed by atoms with van der Waals surface area (Å²) in [7, 11) is 4.12. The Labute approximate surface area is 129 Å². The molecule has 108 valence electrons. The number of aromatic nitrogens is 2. The van der Waals surface area contributed by atoms with Crippen LogP contribution in [0.5, 0.6) is 0 Å². The molecule has 0 bridgehead atoms. The summed E-state index contributed by atoms with van der Waals surface area (Å²) in [5, 5.41) is 0. The predicted molar refractivity (Wildman–Crippen MR) is 92.5 cm³/mol. The quantitative estimate of drug-likeness (QED) is 0.550. The molecule has 2 heterocycles. The van der Waals surface area contributed by atoms with Crippen molar-refractivity contribution in [1.29, 1.82) is 0 Å². The van der Waals surface area contributed by atoms with Crippen molar-refractivity contribution in [1.82, 2.24) is 9.38 Å².